The van der Waals surface area contributed by atoms with Gasteiger partial charge < -0.3 is 21.2 Å². The van der Waals surface area contributed by atoms with E-state index in [1.807, 2.05) is 36.4 Å². The molecule has 0 bridgehead atoms. The molecule has 3 aromatic rings. The number of hydrogen-bond donors (Lipinski definition) is 3. The minimum Gasteiger partial charge on any atom is -0.487 e. The van der Waals surface area contributed by atoms with Crippen molar-refractivity contribution >= 4 is 35.1 Å². The van der Waals surface area contributed by atoms with Crippen LogP contribution in [0.2, 0.25) is 5.02 Å². The van der Waals surface area contributed by atoms with Crippen LogP contribution in [-0.4, -0.2) is 16.2 Å². The first-order chi connectivity index (χ1) is 12.2. The molecule has 0 radical (unpaired) electrons. The van der Waals surface area contributed by atoms with E-state index >= 15 is 0 Å². The second-order valence-corrected chi connectivity index (χ2v) is 5.62. The maximum Gasteiger partial charge on any atom is 0.144 e. The Bertz CT molecular complexity index is 886. The normalized spacial score (nSPS) is 10.3. The van der Waals surface area contributed by atoms with Crippen LogP contribution in [0.1, 0.15) is 11.1 Å². The van der Waals surface area contributed by atoms with E-state index in [0.29, 0.717) is 34.4 Å². The highest BCUT2D eigenvalue weighted by molar-refractivity contribution is 6.32. The first-order valence-electron chi connectivity index (χ1n) is 7.51. The van der Waals surface area contributed by atoms with Crippen LogP contribution in [0, 0.1) is 5.41 Å². The van der Waals surface area contributed by atoms with Gasteiger partial charge in [0.1, 0.15) is 30.3 Å². The Hall–Kier alpha value is -3.12. The van der Waals surface area contributed by atoms with Gasteiger partial charge in [0.05, 0.1) is 10.6 Å². The summed E-state index contributed by atoms with van der Waals surface area (Å²) in [6, 6.07) is 15.2. The standard InChI is InChI=1S/C18H16ClN5O/c19-15-8-13(24-18-14(9-20)17(21)22-11-23-18)6-7-16(15)25-10-12-4-2-1-3-5-12/h1-9,11,20H,10H2,(H3,21,22,23,24). The summed E-state index contributed by atoms with van der Waals surface area (Å²) in [5.74, 6) is 1.27. The van der Waals surface area contributed by atoms with Crippen LogP contribution in [0.15, 0.2) is 54.9 Å². The van der Waals surface area contributed by atoms with Crippen molar-refractivity contribution < 1.29 is 4.74 Å². The Morgan fingerprint density at radius 1 is 1.16 bits per heavy atom. The third-order valence-electron chi connectivity index (χ3n) is 3.49. The van der Waals surface area contributed by atoms with Crippen LogP contribution in [0.4, 0.5) is 17.3 Å². The fraction of sp³-hybridized carbons (Fsp3) is 0.0556. The van der Waals surface area contributed by atoms with Gasteiger partial charge >= 0.3 is 0 Å². The van der Waals surface area contributed by atoms with Crippen molar-refractivity contribution in [2.75, 3.05) is 11.1 Å². The monoisotopic (exact) mass is 353 g/mol. The molecular formula is C18H16ClN5O. The molecule has 2 aromatic carbocycles. The molecule has 4 N–H and O–H groups in total. The summed E-state index contributed by atoms with van der Waals surface area (Å²) in [5.41, 5.74) is 7.93. The van der Waals surface area contributed by atoms with Crippen molar-refractivity contribution in [1.82, 2.24) is 9.97 Å². The van der Waals surface area contributed by atoms with Gasteiger partial charge in [-0.25, -0.2) is 9.97 Å². The third-order valence-corrected chi connectivity index (χ3v) is 3.79. The maximum atomic E-state index is 7.43. The molecule has 0 amide bonds. The summed E-state index contributed by atoms with van der Waals surface area (Å²) in [4.78, 5) is 7.97. The van der Waals surface area contributed by atoms with Gasteiger partial charge in [0.2, 0.25) is 0 Å². The number of benzene rings is 2. The molecule has 3 rings (SSSR count). The Balaban J connectivity index is 1.74. The van der Waals surface area contributed by atoms with E-state index in [9.17, 15) is 0 Å². The first kappa shape index (κ1) is 16.7. The van der Waals surface area contributed by atoms with Crippen LogP contribution in [0.25, 0.3) is 0 Å². The lowest BCUT2D eigenvalue weighted by Gasteiger charge is -2.12. The molecule has 7 heteroatoms. The molecule has 0 aliphatic rings. The van der Waals surface area contributed by atoms with E-state index in [4.69, 9.17) is 27.5 Å². The number of anilines is 3. The SMILES string of the molecule is N=Cc1c(N)ncnc1Nc1ccc(OCc2ccccc2)c(Cl)c1. The second-order valence-electron chi connectivity index (χ2n) is 5.21. The average Bonchev–Trinajstić information content (AvgIpc) is 2.62. The molecule has 0 aliphatic heterocycles. The van der Waals surface area contributed by atoms with E-state index in [2.05, 4.69) is 15.3 Å². The van der Waals surface area contributed by atoms with Gasteiger partial charge in [0.15, 0.2) is 0 Å². The second kappa shape index (κ2) is 7.63. The van der Waals surface area contributed by atoms with Gasteiger partial charge in [-0.05, 0) is 23.8 Å². The highest BCUT2D eigenvalue weighted by Crippen LogP contribution is 2.30. The smallest absolute Gasteiger partial charge is 0.144 e. The number of aromatic nitrogens is 2. The molecule has 6 nitrogen and oxygen atoms in total. The summed E-state index contributed by atoms with van der Waals surface area (Å²) >= 11 is 6.30. The summed E-state index contributed by atoms with van der Waals surface area (Å²) in [7, 11) is 0. The number of nitrogens with one attached hydrogen (secondary N) is 2. The highest BCUT2D eigenvalue weighted by Gasteiger charge is 2.09. The van der Waals surface area contributed by atoms with E-state index < -0.39 is 0 Å². The molecule has 0 saturated heterocycles. The Labute approximate surface area is 150 Å². The van der Waals surface area contributed by atoms with Crippen LogP contribution < -0.4 is 15.8 Å². The average molecular weight is 354 g/mol. The molecular weight excluding hydrogens is 338 g/mol. The van der Waals surface area contributed by atoms with Gasteiger partial charge in [0, 0.05) is 11.9 Å². The van der Waals surface area contributed by atoms with E-state index in [0.717, 1.165) is 11.8 Å². The van der Waals surface area contributed by atoms with Crippen molar-refractivity contribution in [3.05, 3.63) is 71.0 Å². The number of nitrogens with two attached hydrogens (primary N) is 1. The zero-order valence-electron chi connectivity index (χ0n) is 13.2. The van der Waals surface area contributed by atoms with Crippen molar-refractivity contribution in [2.45, 2.75) is 6.61 Å². The lowest BCUT2D eigenvalue weighted by Crippen LogP contribution is -2.04. The van der Waals surface area contributed by atoms with Crippen molar-refractivity contribution in [1.29, 1.82) is 5.41 Å². The largest absolute Gasteiger partial charge is 0.487 e. The minimum absolute atomic E-state index is 0.237. The van der Waals surface area contributed by atoms with Crippen molar-refractivity contribution in [3.8, 4) is 5.75 Å². The van der Waals surface area contributed by atoms with Crippen LogP contribution in [0.3, 0.4) is 0 Å². The molecule has 0 spiro atoms. The van der Waals surface area contributed by atoms with Gasteiger partial charge in [-0.15, -0.1) is 0 Å². The predicted octanol–water partition coefficient (Wildman–Crippen LogP) is 4.03. The molecule has 0 saturated carbocycles. The van der Waals surface area contributed by atoms with Gasteiger partial charge in [-0.3, -0.25) is 0 Å². The fourth-order valence-corrected chi connectivity index (χ4v) is 2.45. The lowest BCUT2D eigenvalue weighted by molar-refractivity contribution is 0.306. The Kier molecular flexibility index (Phi) is 5.11. The number of nitrogens with zero attached hydrogens (tertiary/aromatic N) is 2. The van der Waals surface area contributed by atoms with Crippen LogP contribution in [-0.2, 0) is 6.61 Å². The number of rotatable bonds is 6. The highest BCUT2D eigenvalue weighted by atomic mass is 35.5. The molecule has 1 aromatic heterocycles. The number of hydrogen-bond acceptors (Lipinski definition) is 6. The Morgan fingerprint density at radius 2 is 1.96 bits per heavy atom. The summed E-state index contributed by atoms with van der Waals surface area (Å²) < 4.78 is 5.75. The topological polar surface area (TPSA) is 96.9 Å². The minimum atomic E-state index is 0.237. The van der Waals surface area contributed by atoms with E-state index in [-0.39, 0.29) is 5.82 Å². The van der Waals surface area contributed by atoms with E-state index in [1.54, 1.807) is 12.1 Å². The molecule has 1 heterocycles. The van der Waals surface area contributed by atoms with Gasteiger partial charge in [-0.1, -0.05) is 41.9 Å². The summed E-state index contributed by atoms with van der Waals surface area (Å²) in [5, 5.41) is 11.0. The molecule has 0 atom stereocenters. The van der Waals surface area contributed by atoms with Crippen LogP contribution >= 0.6 is 11.6 Å². The molecule has 0 fully saturated rings. The Morgan fingerprint density at radius 3 is 2.68 bits per heavy atom. The molecule has 25 heavy (non-hydrogen) atoms. The molecule has 126 valence electrons. The number of halogens is 1. The zero-order chi connectivity index (χ0) is 17.6. The number of nitrogen functional groups attached to an aromatic ring is 1. The van der Waals surface area contributed by atoms with Gasteiger partial charge in [0.25, 0.3) is 0 Å². The quantitative estimate of drug-likeness (QED) is 0.581. The predicted molar refractivity (Wildman–Crippen MR) is 99.8 cm³/mol. The molecule has 0 unspecified atom stereocenters. The van der Waals surface area contributed by atoms with E-state index in [1.165, 1.54) is 6.33 Å². The van der Waals surface area contributed by atoms with Crippen LogP contribution in [0.5, 0.6) is 5.75 Å². The number of ether oxygens (including phenoxy) is 1. The lowest BCUT2D eigenvalue weighted by atomic mass is 10.2. The summed E-state index contributed by atoms with van der Waals surface area (Å²) in [6.45, 7) is 0.438. The fourth-order valence-electron chi connectivity index (χ4n) is 2.22. The summed E-state index contributed by atoms with van der Waals surface area (Å²) in [6.07, 6.45) is 2.44. The van der Waals surface area contributed by atoms with Gasteiger partial charge in [-0.2, -0.15) is 0 Å². The zero-order valence-corrected chi connectivity index (χ0v) is 14.0. The maximum absolute atomic E-state index is 7.43. The first-order valence-corrected chi connectivity index (χ1v) is 7.89. The molecule has 0 aliphatic carbocycles. The van der Waals surface area contributed by atoms with Crippen molar-refractivity contribution in [2.24, 2.45) is 0 Å². The van der Waals surface area contributed by atoms with Crippen molar-refractivity contribution in [3.63, 3.8) is 0 Å². The third kappa shape index (κ3) is 4.05.